The van der Waals surface area contributed by atoms with Gasteiger partial charge >= 0.3 is 0 Å². The molecule has 0 aliphatic carbocycles. The lowest BCUT2D eigenvalue weighted by Gasteiger charge is -2.34. The monoisotopic (exact) mass is 470 g/mol. The second kappa shape index (κ2) is 9.50. The highest BCUT2D eigenvalue weighted by Gasteiger charge is 2.39. The van der Waals surface area contributed by atoms with Gasteiger partial charge in [-0.3, -0.25) is 19.5 Å². The average molecular weight is 471 g/mol. The summed E-state index contributed by atoms with van der Waals surface area (Å²) in [5.74, 6) is 0.874. The highest BCUT2D eigenvalue weighted by molar-refractivity contribution is 6.21. The first-order valence-electron chi connectivity index (χ1n) is 12.1. The molecule has 7 nitrogen and oxygen atoms in total. The summed E-state index contributed by atoms with van der Waals surface area (Å²) in [4.78, 5) is 36.7. The van der Waals surface area contributed by atoms with Crippen molar-refractivity contribution in [1.82, 2.24) is 14.8 Å². The molecule has 3 heterocycles. The smallest absolute Gasteiger partial charge is 0.262 e. The van der Waals surface area contributed by atoms with Gasteiger partial charge in [0.05, 0.1) is 22.9 Å². The fraction of sp³-hybridized carbons (Fsp3) is 0.321. The van der Waals surface area contributed by atoms with Gasteiger partial charge in [-0.2, -0.15) is 0 Å². The first-order valence-corrected chi connectivity index (χ1v) is 12.1. The minimum atomic E-state index is -0.516. The Morgan fingerprint density at radius 2 is 1.63 bits per heavy atom. The van der Waals surface area contributed by atoms with E-state index in [1.165, 1.54) is 4.90 Å². The molecule has 1 fully saturated rings. The Bertz CT molecular complexity index is 1230. The van der Waals surface area contributed by atoms with E-state index >= 15 is 0 Å². The number of imide groups is 1. The van der Waals surface area contributed by atoms with E-state index in [9.17, 15) is 9.59 Å². The molecule has 180 valence electrons. The van der Waals surface area contributed by atoms with Crippen molar-refractivity contribution in [3.05, 3.63) is 83.2 Å². The van der Waals surface area contributed by atoms with Crippen LogP contribution in [0.15, 0.2) is 60.8 Å². The molecule has 0 radical (unpaired) electrons. The van der Waals surface area contributed by atoms with Crippen LogP contribution in [-0.2, 0) is 6.42 Å². The van der Waals surface area contributed by atoms with Crippen molar-refractivity contribution in [3.8, 4) is 11.5 Å². The summed E-state index contributed by atoms with van der Waals surface area (Å²) >= 11 is 0. The summed E-state index contributed by atoms with van der Waals surface area (Å²) in [6.45, 7) is 7.92. The van der Waals surface area contributed by atoms with Gasteiger partial charge in [-0.05, 0) is 50.7 Å². The van der Waals surface area contributed by atoms with Crippen molar-refractivity contribution in [3.63, 3.8) is 0 Å². The molecule has 2 amide bonds. The Morgan fingerprint density at radius 1 is 0.943 bits per heavy atom. The first kappa shape index (κ1) is 23.1. The minimum Gasteiger partial charge on any atom is -0.457 e. The van der Waals surface area contributed by atoms with E-state index in [-0.39, 0.29) is 11.8 Å². The molecule has 0 N–H and O–H groups in total. The zero-order valence-electron chi connectivity index (χ0n) is 20.4. The number of piperazine rings is 1. The van der Waals surface area contributed by atoms with Gasteiger partial charge in [0.2, 0.25) is 0 Å². The van der Waals surface area contributed by atoms with Crippen molar-refractivity contribution >= 4 is 17.5 Å². The number of rotatable bonds is 6. The number of aromatic nitrogens is 1. The fourth-order valence-corrected chi connectivity index (χ4v) is 4.92. The fourth-order valence-electron chi connectivity index (χ4n) is 4.92. The van der Waals surface area contributed by atoms with Crippen LogP contribution in [0.5, 0.6) is 11.5 Å². The quantitative estimate of drug-likeness (QED) is 0.493. The molecule has 0 bridgehead atoms. The summed E-state index contributed by atoms with van der Waals surface area (Å²) in [6.07, 6.45) is 2.34. The van der Waals surface area contributed by atoms with Gasteiger partial charge in [-0.25, -0.2) is 0 Å². The molecular formula is C28H30N4O3. The van der Waals surface area contributed by atoms with Gasteiger partial charge in [0, 0.05) is 49.7 Å². The molecule has 2 aliphatic heterocycles. The Hall–Kier alpha value is -3.71. The zero-order chi connectivity index (χ0) is 24.5. The minimum absolute atomic E-state index is 0.284. The molecule has 0 saturated carbocycles. The molecule has 3 aromatic rings. The van der Waals surface area contributed by atoms with Gasteiger partial charge in [-0.1, -0.05) is 25.1 Å². The van der Waals surface area contributed by atoms with Crippen LogP contribution in [0.25, 0.3) is 0 Å². The van der Waals surface area contributed by atoms with E-state index in [0.717, 1.165) is 43.2 Å². The number of pyridine rings is 1. The normalized spacial score (nSPS) is 17.0. The highest BCUT2D eigenvalue weighted by Crippen LogP contribution is 2.36. The van der Waals surface area contributed by atoms with Crippen LogP contribution in [-0.4, -0.2) is 59.8 Å². The molecule has 0 spiro atoms. The topological polar surface area (TPSA) is 66.0 Å². The Kier molecular flexibility index (Phi) is 6.26. The summed E-state index contributed by atoms with van der Waals surface area (Å²) in [5, 5.41) is 0. The van der Waals surface area contributed by atoms with Crippen molar-refractivity contribution in [2.75, 3.05) is 38.1 Å². The van der Waals surface area contributed by atoms with Crippen LogP contribution in [0.3, 0.4) is 0 Å². The number of fused-ring (bicyclic) bond motifs is 1. The lowest BCUT2D eigenvalue weighted by Crippen LogP contribution is -2.44. The van der Waals surface area contributed by atoms with Crippen LogP contribution in [0.1, 0.15) is 51.9 Å². The van der Waals surface area contributed by atoms with Gasteiger partial charge in [0.15, 0.2) is 0 Å². The molecule has 2 aliphatic rings. The maximum Gasteiger partial charge on any atom is 0.262 e. The van der Waals surface area contributed by atoms with E-state index in [1.54, 1.807) is 30.5 Å². The summed E-state index contributed by atoms with van der Waals surface area (Å²) in [7, 11) is 2.15. The second-order valence-electron chi connectivity index (χ2n) is 9.12. The summed E-state index contributed by atoms with van der Waals surface area (Å²) < 4.78 is 6.36. The number of benzene rings is 2. The molecular weight excluding hydrogens is 440 g/mol. The van der Waals surface area contributed by atoms with Gasteiger partial charge in [0.25, 0.3) is 11.8 Å². The van der Waals surface area contributed by atoms with Gasteiger partial charge < -0.3 is 14.5 Å². The predicted octanol–water partition coefficient (Wildman–Crippen LogP) is 4.55. The van der Waals surface area contributed by atoms with E-state index in [0.29, 0.717) is 29.0 Å². The van der Waals surface area contributed by atoms with E-state index in [1.807, 2.05) is 32.0 Å². The number of hydrogen-bond acceptors (Lipinski definition) is 6. The number of likely N-dealkylation sites (N-methyl/N-ethyl adjacent to an activating group) is 1. The first-order chi connectivity index (χ1) is 17.0. The average Bonchev–Trinajstić information content (AvgIpc) is 3.14. The molecule has 35 heavy (non-hydrogen) atoms. The molecule has 1 saturated heterocycles. The van der Waals surface area contributed by atoms with Crippen LogP contribution < -0.4 is 9.64 Å². The standard InChI is InChI=1S/C28H30N4O3/c1-4-22-25(35-21-9-7-8-20(18-21)31-16-14-30(3)15-17-31)12-13-29-26(22)19(2)32-27(33)23-10-5-6-11-24(23)28(32)34/h5-13,18-19H,4,14-17H2,1-3H3. The molecule has 2 aromatic carbocycles. The van der Waals surface area contributed by atoms with Crippen LogP contribution in [0, 0.1) is 0 Å². The van der Waals surface area contributed by atoms with E-state index < -0.39 is 6.04 Å². The molecule has 1 aromatic heterocycles. The third-order valence-electron chi connectivity index (χ3n) is 6.92. The van der Waals surface area contributed by atoms with Crippen molar-refractivity contribution in [2.24, 2.45) is 0 Å². The van der Waals surface area contributed by atoms with Crippen molar-refractivity contribution in [1.29, 1.82) is 0 Å². The summed E-state index contributed by atoms with van der Waals surface area (Å²) in [6, 6.07) is 16.4. The van der Waals surface area contributed by atoms with Crippen LogP contribution in [0.2, 0.25) is 0 Å². The highest BCUT2D eigenvalue weighted by atomic mass is 16.5. The number of amides is 2. The Morgan fingerprint density at radius 3 is 2.29 bits per heavy atom. The molecule has 5 rings (SSSR count). The lowest BCUT2D eigenvalue weighted by molar-refractivity contribution is 0.0591. The molecule has 1 unspecified atom stereocenters. The van der Waals surface area contributed by atoms with E-state index in [2.05, 4.69) is 34.0 Å². The molecule has 1 atom stereocenters. The summed E-state index contributed by atoms with van der Waals surface area (Å²) in [5.41, 5.74) is 3.59. The Balaban J connectivity index is 1.41. The van der Waals surface area contributed by atoms with Crippen molar-refractivity contribution < 1.29 is 14.3 Å². The number of hydrogen-bond donors (Lipinski definition) is 0. The van der Waals surface area contributed by atoms with E-state index in [4.69, 9.17) is 4.74 Å². The molecule has 7 heteroatoms. The number of ether oxygens (including phenoxy) is 1. The van der Waals surface area contributed by atoms with Gasteiger partial charge in [-0.15, -0.1) is 0 Å². The number of carbonyl (C=O) groups excluding carboxylic acids is 2. The third-order valence-corrected chi connectivity index (χ3v) is 6.92. The Labute approximate surface area is 205 Å². The van der Waals surface area contributed by atoms with Crippen LogP contribution in [0.4, 0.5) is 5.69 Å². The number of nitrogens with zero attached hydrogens (tertiary/aromatic N) is 4. The predicted molar refractivity (Wildman–Crippen MR) is 135 cm³/mol. The van der Waals surface area contributed by atoms with Gasteiger partial charge in [0.1, 0.15) is 11.5 Å². The lowest BCUT2D eigenvalue weighted by atomic mass is 10.0. The maximum atomic E-state index is 13.0. The SMILES string of the molecule is CCc1c(Oc2cccc(N3CCN(C)CC3)c2)ccnc1C(C)N1C(=O)c2ccccc2C1=O. The van der Waals surface area contributed by atoms with Crippen LogP contribution >= 0.6 is 0 Å². The second-order valence-corrected chi connectivity index (χ2v) is 9.12. The largest absolute Gasteiger partial charge is 0.457 e. The number of anilines is 1. The van der Waals surface area contributed by atoms with Crippen molar-refractivity contribution in [2.45, 2.75) is 26.3 Å². The number of carbonyl (C=O) groups is 2. The maximum absolute atomic E-state index is 13.0. The zero-order valence-corrected chi connectivity index (χ0v) is 20.4. The third kappa shape index (κ3) is 4.28.